The molecular formula is C21H21NO4. The molecule has 5 nitrogen and oxygen atoms in total. The SMILES string of the molecule is NC(Cc1ccccc1)C(=O)C1=C(O)C(CCc2ccccc2)OC1=O. The zero-order valence-corrected chi connectivity index (χ0v) is 14.3. The van der Waals surface area contributed by atoms with E-state index in [1.807, 2.05) is 60.7 Å². The lowest BCUT2D eigenvalue weighted by molar-refractivity contribution is -0.141. The molecule has 5 heteroatoms. The molecule has 0 aromatic heterocycles. The van der Waals surface area contributed by atoms with Crippen molar-refractivity contribution in [3.8, 4) is 0 Å². The molecule has 3 N–H and O–H groups in total. The summed E-state index contributed by atoms with van der Waals surface area (Å²) in [5.41, 5.74) is 7.60. The molecule has 0 saturated carbocycles. The molecule has 0 amide bonds. The highest BCUT2D eigenvalue weighted by Crippen LogP contribution is 2.26. The number of aryl methyl sites for hydroxylation is 1. The molecule has 1 heterocycles. The first kappa shape index (κ1) is 17.9. The zero-order valence-electron chi connectivity index (χ0n) is 14.3. The van der Waals surface area contributed by atoms with Crippen molar-refractivity contribution in [2.24, 2.45) is 5.73 Å². The Bertz CT molecular complexity index is 814. The summed E-state index contributed by atoms with van der Waals surface area (Å²) < 4.78 is 5.19. The molecule has 0 saturated heterocycles. The number of aliphatic hydroxyl groups excluding tert-OH is 1. The molecule has 2 unspecified atom stereocenters. The summed E-state index contributed by atoms with van der Waals surface area (Å²) in [6.07, 6.45) is 0.524. The Kier molecular flexibility index (Phi) is 5.49. The van der Waals surface area contributed by atoms with Gasteiger partial charge in [0.05, 0.1) is 6.04 Å². The first-order valence-corrected chi connectivity index (χ1v) is 8.58. The van der Waals surface area contributed by atoms with Gasteiger partial charge in [-0.25, -0.2) is 4.79 Å². The van der Waals surface area contributed by atoms with Crippen LogP contribution in [0.1, 0.15) is 17.5 Å². The number of cyclic esters (lactones) is 1. The van der Waals surface area contributed by atoms with Crippen LogP contribution in [0, 0.1) is 0 Å². The van der Waals surface area contributed by atoms with Gasteiger partial charge in [-0.15, -0.1) is 0 Å². The Balaban J connectivity index is 1.68. The van der Waals surface area contributed by atoms with Gasteiger partial charge in [-0.1, -0.05) is 60.7 Å². The molecule has 0 spiro atoms. The van der Waals surface area contributed by atoms with Crippen molar-refractivity contribution in [3.63, 3.8) is 0 Å². The monoisotopic (exact) mass is 351 g/mol. The molecule has 0 radical (unpaired) electrons. The Hall–Kier alpha value is -2.92. The smallest absolute Gasteiger partial charge is 0.346 e. The first-order chi connectivity index (χ1) is 12.6. The van der Waals surface area contributed by atoms with E-state index in [0.717, 1.165) is 11.1 Å². The van der Waals surface area contributed by atoms with Crippen LogP contribution in [0.25, 0.3) is 0 Å². The van der Waals surface area contributed by atoms with Gasteiger partial charge in [-0.05, 0) is 30.4 Å². The molecule has 2 atom stereocenters. The molecule has 26 heavy (non-hydrogen) atoms. The summed E-state index contributed by atoms with van der Waals surface area (Å²) in [7, 11) is 0. The van der Waals surface area contributed by atoms with Gasteiger partial charge >= 0.3 is 5.97 Å². The molecule has 1 aliphatic heterocycles. The third kappa shape index (κ3) is 4.00. The highest BCUT2D eigenvalue weighted by molar-refractivity contribution is 6.20. The lowest BCUT2D eigenvalue weighted by atomic mass is 9.97. The lowest BCUT2D eigenvalue weighted by Crippen LogP contribution is -2.35. The van der Waals surface area contributed by atoms with Gasteiger partial charge in [0.25, 0.3) is 0 Å². The number of benzene rings is 2. The van der Waals surface area contributed by atoms with E-state index in [2.05, 4.69) is 0 Å². The number of carbonyl (C=O) groups is 2. The average Bonchev–Trinajstić information content (AvgIpc) is 2.94. The van der Waals surface area contributed by atoms with E-state index >= 15 is 0 Å². The van der Waals surface area contributed by atoms with Crippen LogP contribution in [0.2, 0.25) is 0 Å². The molecule has 2 aromatic rings. The van der Waals surface area contributed by atoms with Gasteiger partial charge < -0.3 is 15.6 Å². The summed E-state index contributed by atoms with van der Waals surface area (Å²) >= 11 is 0. The number of rotatable bonds is 7. The Morgan fingerprint density at radius 3 is 2.23 bits per heavy atom. The molecule has 0 aliphatic carbocycles. The fraction of sp³-hybridized carbons (Fsp3) is 0.238. The van der Waals surface area contributed by atoms with Crippen LogP contribution in [0.15, 0.2) is 72.0 Å². The third-order valence-electron chi connectivity index (χ3n) is 4.43. The minimum atomic E-state index is -0.907. The summed E-state index contributed by atoms with van der Waals surface area (Å²) in [6, 6.07) is 18.1. The number of Topliss-reactive ketones (excluding diaryl/α,β-unsaturated/α-hetero) is 1. The van der Waals surface area contributed by atoms with E-state index in [-0.39, 0.29) is 11.3 Å². The van der Waals surface area contributed by atoms with Crippen molar-refractivity contribution in [2.75, 3.05) is 0 Å². The van der Waals surface area contributed by atoms with E-state index in [1.54, 1.807) is 0 Å². The number of esters is 1. The Morgan fingerprint density at radius 2 is 1.62 bits per heavy atom. The van der Waals surface area contributed by atoms with Crippen LogP contribution in [0.3, 0.4) is 0 Å². The van der Waals surface area contributed by atoms with Crippen LogP contribution < -0.4 is 5.73 Å². The van der Waals surface area contributed by atoms with Crippen molar-refractivity contribution < 1.29 is 19.4 Å². The van der Waals surface area contributed by atoms with Crippen LogP contribution in [-0.4, -0.2) is 29.0 Å². The third-order valence-corrected chi connectivity index (χ3v) is 4.43. The van der Waals surface area contributed by atoms with E-state index in [4.69, 9.17) is 10.5 Å². The predicted octanol–water partition coefficient (Wildman–Crippen LogP) is 2.50. The van der Waals surface area contributed by atoms with Crippen LogP contribution >= 0.6 is 0 Å². The predicted molar refractivity (Wildman–Crippen MR) is 97.4 cm³/mol. The minimum absolute atomic E-state index is 0.290. The van der Waals surface area contributed by atoms with Gasteiger partial charge in [-0.2, -0.15) is 0 Å². The number of ether oxygens (including phenoxy) is 1. The van der Waals surface area contributed by atoms with Crippen molar-refractivity contribution in [3.05, 3.63) is 83.1 Å². The summed E-state index contributed by atoms with van der Waals surface area (Å²) in [5, 5.41) is 10.3. The van der Waals surface area contributed by atoms with Crippen LogP contribution in [0.4, 0.5) is 0 Å². The van der Waals surface area contributed by atoms with Gasteiger partial charge in [0.2, 0.25) is 0 Å². The fourth-order valence-corrected chi connectivity index (χ4v) is 3.02. The second kappa shape index (κ2) is 7.97. The van der Waals surface area contributed by atoms with Crippen LogP contribution in [0.5, 0.6) is 0 Å². The van der Waals surface area contributed by atoms with Crippen molar-refractivity contribution in [2.45, 2.75) is 31.4 Å². The number of ketones is 1. The normalized spacial score (nSPS) is 17.9. The summed E-state index contributed by atoms with van der Waals surface area (Å²) in [6.45, 7) is 0. The molecular weight excluding hydrogens is 330 g/mol. The molecule has 2 aromatic carbocycles. The molecule has 0 bridgehead atoms. The van der Waals surface area contributed by atoms with E-state index in [1.165, 1.54) is 0 Å². The highest BCUT2D eigenvalue weighted by atomic mass is 16.6. The second-order valence-electron chi connectivity index (χ2n) is 6.34. The lowest BCUT2D eigenvalue weighted by Gasteiger charge is -2.10. The van der Waals surface area contributed by atoms with Gasteiger partial charge in [0.15, 0.2) is 17.6 Å². The van der Waals surface area contributed by atoms with Gasteiger partial charge in [0, 0.05) is 0 Å². The zero-order chi connectivity index (χ0) is 18.5. The first-order valence-electron chi connectivity index (χ1n) is 8.58. The van der Waals surface area contributed by atoms with Gasteiger partial charge in [0.1, 0.15) is 5.57 Å². The van der Waals surface area contributed by atoms with E-state index < -0.39 is 23.9 Å². The highest BCUT2D eigenvalue weighted by Gasteiger charge is 2.39. The van der Waals surface area contributed by atoms with Crippen molar-refractivity contribution >= 4 is 11.8 Å². The molecule has 134 valence electrons. The van der Waals surface area contributed by atoms with E-state index in [9.17, 15) is 14.7 Å². The van der Waals surface area contributed by atoms with E-state index in [0.29, 0.717) is 19.3 Å². The second-order valence-corrected chi connectivity index (χ2v) is 6.34. The number of nitrogens with two attached hydrogens (primary N) is 1. The minimum Gasteiger partial charge on any atom is -0.507 e. The maximum atomic E-state index is 12.5. The largest absolute Gasteiger partial charge is 0.507 e. The topological polar surface area (TPSA) is 89.6 Å². The Morgan fingerprint density at radius 1 is 1.04 bits per heavy atom. The van der Waals surface area contributed by atoms with Crippen LogP contribution in [-0.2, 0) is 27.2 Å². The standard InChI is InChI=1S/C21H21NO4/c22-16(13-15-9-5-2-6-10-15)19(23)18-20(24)17(26-21(18)25)12-11-14-7-3-1-4-8-14/h1-10,16-17,24H,11-13,22H2. The summed E-state index contributed by atoms with van der Waals surface area (Å²) in [5.74, 6) is -1.69. The molecule has 3 rings (SSSR count). The molecule has 1 aliphatic rings. The summed E-state index contributed by atoms with van der Waals surface area (Å²) in [4.78, 5) is 24.6. The Labute approximate surface area is 152 Å². The molecule has 0 fully saturated rings. The fourth-order valence-electron chi connectivity index (χ4n) is 3.02. The average molecular weight is 351 g/mol. The van der Waals surface area contributed by atoms with Gasteiger partial charge in [-0.3, -0.25) is 4.79 Å². The number of hydrogen-bond acceptors (Lipinski definition) is 5. The maximum Gasteiger partial charge on any atom is 0.346 e. The van der Waals surface area contributed by atoms with Crippen molar-refractivity contribution in [1.82, 2.24) is 0 Å². The van der Waals surface area contributed by atoms with Crippen molar-refractivity contribution in [1.29, 1.82) is 0 Å². The maximum absolute atomic E-state index is 12.5. The number of hydrogen-bond donors (Lipinski definition) is 2. The quantitative estimate of drug-likeness (QED) is 0.591. The number of carbonyl (C=O) groups excluding carboxylic acids is 2. The number of aliphatic hydroxyl groups is 1.